The molecular weight excluding hydrogens is 287 g/mol. The van der Waals surface area contributed by atoms with E-state index in [4.69, 9.17) is 22.1 Å². The molecule has 0 aromatic heterocycles. The minimum Gasteiger partial charge on any atom is -0.492 e. The molecule has 1 amide bonds. The number of hydrogen-bond donors (Lipinski definition) is 2. The molecule has 0 aliphatic carbocycles. The molecule has 0 fully saturated rings. The highest BCUT2D eigenvalue weighted by molar-refractivity contribution is 6.30. The van der Waals surface area contributed by atoms with Gasteiger partial charge in [0.25, 0.3) is 0 Å². The molecule has 108 valence electrons. The van der Waals surface area contributed by atoms with Crippen LogP contribution in [0.5, 0.6) is 5.75 Å². The van der Waals surface area contributed by atoms with Gasteiger partial charge < -0.3 is 15.8 Å². The Kier molecular flexibility index (Phi) is 9.39. The zero-order valence-electron chi connectivity index (χ0n) is 10.9. The SMILES string of the molecule is CCCC(N)C(=O)NCCOc1cccc(Cl)c1.Cl. The van der Waals surface area contributed by atoms with Gasteiger partial charge in [-0.1, -0.05) is 31.0 Å². The predicted molar refractivity (Wildman–Crippen MR) is 80.1 cm³/mol. The van der Waals surface area contributed by atoms with E-state index < -0.39 is 6.04 Å². The Morgan fingerprint density at radius 1 is 1.53 bits per heavy atom. The fourth-order valence-corrected chi connectivity index (χ4v) is 1.65. The number of halogens is 2. The molecule has 0 saturated carbocycles. The molecule has 1 aromatic carbocycles. The first kappa shape index (κ1) is 18.0. The van der Waals surface area contributed by atoms with Crippen LogP contribution in [0.25, 0.3) is 0 Å². The first-order valence-corrected chi connectivity index (χ1v) is 6.43. The molecule has 1 rings (SSSR count). The summed E-state index contributed by atoms with van der Waals surface area (Å²) in [6.07, 6.45) is 1.59. The van der Waals surface area contributed by atoms with E-state index in [1.165, 1.54) is 0 Å². The third kappa shape index (κ3) is 7.25. The van der Waals surface area contributed by atoms with Crippen LogP contribution in [0.3, 0.4) is 0 Å². The first-order chi connectivity index (χ1) is 8.63. The standard InChI is InChI=1S/C13H19ClN2O2.ClH/c1-2-4-12(15)13(17)16-7-8-18-11-6-3-5-10(14)9-11;/h3,5-6,9,12H,2,4,7-8,15H2,1H3,(H,16,17);1H. The summed E-state index contributed by atoms with van der Waals surface area (Å²) in [5.41, 5.74) is 5.67. The van der Waals surface area contributed by atoms with E-state index in [2.05, 4.69) is 5.32 Å². The smallest absolute Gasteiger partial charge is 0.237 e. The molecule has 0 bridgehead atoms. The second-order valence-electron chi connectivity index (χ2n) is 3.99. The molecule has 19 heavy (non-hydrogen) atoms. The van der Waals surface area contributed by atoms with Crippen molar-refractivity contribution < 1.29 is 9.53 Å². The normalized spacial score (nSPS) is 11.3. The average molecular weight is 307 g/mol. The van der Waals surface area contributed by atoms with Crippen LogP contribution in [0.1, 0.15) is 19.8 Å². The quantitative estimate of drug-likeness (QED) is 0.760. The highest BCUT2D eigenvalue weighted by Gasteiger charge is 2.10. The van der Waals surface area contributed by atoms with Crippen LogP contribution in [0, 0.1) is 0 Å². The molecule has 0 heterocycles. The van der Waals surface area contributed by atoms with Gasteiger partial charge in [-0.25, -0.2) is 0 Å². The summed E-state index contributed by atoms with van der Waals surface area (Å²) in [6, 6.07) is 6.71. The van der Waals surface area contributed by atoms with Crippen molar-refractivity contribution in [2.75, 3.05) is 13.2 Å². The van der Waals surface area contributed by atoms with Gasteiger partial charge in [-0.15, -0.1) is 12.4 Å². The molecule has 4 nitrogen and oxygen atoms in total. The molecule has 0 aliphatic heterocycles. The van der Waals surface area contributed by atoms with Gasteiger partial charge in [-0.2, -0.15) is 0 Å². The van der Waals surface area contributed by atoms with Crippen LogP contribution in [-0.4, -0.2) is 25.1 Å². The number of carbonyl (C=O) groups excluding carboxylic acids is 1. The average Bonchev–Trinajstić information content (AvgIpc) is 2.35. The summed E-state index contributed by atoms with van der Waals surface area (Å²) < 4.78 is 5.44. The number of amides is 1. The van der Waals surface area contributed by atoms with Crippen molar-refractivity contribution in [1.82, 2.24) is 5.32 Å². The number of benzene rings is 1. The van der Waals surface area contributed by atoms with Crippen LogP contribution in [0.15, 0.2) is 24.3 Å². The highest BCUT2D eigenvalue weighted by Crippen LogP contribution is 2.16. The molecule has 1 aromatic rings. The topological polar surface area (TPSA) is 64.4 Å². The highest BCUT2D eigenvalue weighted by atomic mass is 35.5. The summed E-state index contributed by atoms with van der Waals surface area (Å²) in [4.78, 5) is 11.5. The van der Waals surface area contributed by atoms with Crippen molar-refractivity contribution in [3.8, 4) is 5.75 Å². The molecule has 1 unspecified atom stereocenters. The lowest BCUT2D eigenvalue weighted by molar-refractivity contribution is -0.122. The number of nitrogens with two attached hydrogens (primary N) is 1. The Bertz CT molecular complexity index is 389. The van der Waals surface area contributed by atoms with Gasteiger partial charge >= 0.3 is 0 Å². The summed E-state index contributed by atoms with van der Waals surface area (Å²) in [7, 11) is 0. The Morgan fingerprint density at radius 3 is 2.89 bits per heavy atom. The fourth-order valence-electron chi connectivity index (χ4n) is 1.47. The number of rotatable bonds is 7. The summed E-state index contributed by atoms with van der Waals surface area (Å²) in [5.74, 6) is 0.557. The third-order valence-electron chi connectivity index (χ3n) is 2.40. The molecule has 3 N–H and O–H groups in total. The summed E-state index contributed by atoms with van der Waals surface area (Å²) in [6.45, 7) is 2.82. The Hall–Kier alpha value is -0.970. The van der Waals surface area contributed by atoms with Crippen LogP contribution in [0.4, 0.5) is 0 Å². The second-order valence-corrected chi connectivity index (χ2v) is 4.43. The summed E-state index contributed by atoms with van der Waals surface area (Å²) in [5, 5.41) is 3.36. The van der Waals surface area contributed by atoms with Crippen LogP contribution >= 0.6 is 24.0 Å². The van der Waals surface area contributed by atoms with Crippen molar-refractivity contribution in [2.45, 2.75) is 25.8 Å². The molecule has 1 atom stereocenters. The monoisotopic (exact) mass is 306 g/mol. The van der Waals surface area contributed by atoms with Crippen LogP contribution < -0.4 is 15.8 Å². The largest absolute Gasteiger partial charge is 0.492 e. The maximum Gasteiger partial charge on any atom is 0.237 e. The van der Waals surface area contributed by atoms with E-state index in [1.807, 2.05) is 19.1 Å². The maximum atomic E-state index is 11.5. The van der Waals surface area contributed by atoms with E-state index in [1.54, 1.807) is 12.1 Å². The van der Waals surface area contributed by atoms with Crippen LogP contribution in [0.2, 0.25) is 5.02 Å². The lowest BCUT2D eigenvalue weighted by Gasteiger charge is -2.11. The molecular formula is C13H20Cl2N2O2. The van der Waals surface area contributed by atoms with E-state index in [9.17, 15) is 4.79 Å². The Balaban J connectivity index is 0.00000324. The first-order valence-electron chi connectivity index (χ1n) is 6.05. The fraction of sp³-hybridized carbons (Fsp3) is 0.462. The van der Waals surface area contributed by atoms with Crippen molar-refractivity contribution >= 4 is 29.9 Å². The minimum absolute atomic E-state index is 0. The second kappa shape index (κ2) is 9.89. The Morgan fingerprint density at radius 2 is 2.26 bits per heavy atom. The lowest BCUT2D eigenvalue weighted by atomic mass is 10.2. The van der Waals surface area contributed by atoms with Crippen molar-refractivity contribution in [2.24, 2.45) is 5.73 Å². The van der Waals surface area contributed by atoms with E-state index in [0.717, 1.165) is 6.42 Å². The lowest BCUT2D eigenvalue weighted by Crippen LogP contribution is -2.41. The molecule has 6 heteroatoms. The molecule has 0 aliphatic rings. The van der Waals surface area contributed by atoms with E-state index in [0.29, 0.717) is 30.3 Å². The third-order valence-corrected chi connectivity index (χ3v) is 2.64. The Labute approximate surface area is 125 Å². The number of nitrogens with one attached hydrogen (secondary N) is 1. The van der Waals surface area contributed by atoms with Crippen molar-refractivity contribution in [1.29, 1.82) is 0 Å². The summed E-state index contributed by atoms with van der Waals surface area (Å²) >= 11 is 5.82. The molecule has 0 spiro atoms. The van der Waals surface area contributed by atoms with Gasteiger partial charge in [0, 0.05) is 5.02 Å². The van der Waals surface area contributed by atoms with Gasteiger partial charge in [-0.05, 0) is 24.6 Å². The van der Waals surface area contributed by atoms with Gasteiger partial charge in [0.15, 0.2) is 0 Å². The minimum atomic E-state index is -0.429. The zero-order chi connectivity index (χ0) is 13.4. The molecule has 0 radical (unpaired) electrons. The van der Waals surface area contributed by atoms with E-state index in [-0.39, 0.29) is 18.3 Å². The van der Waals surface area contributed by atoms with Gasteiger partial charge in [0.2, 0.25) is 5.91 Å². The van der Waals surface area contributed by atoms with Gasteiger partial charge in [0.05, 0.1) is 12.6 Å². The molecule has 0 saturated heterocycles. The van der Waals surface area contributed by atoms with Gasteiger partial charge in [0.1, 0.15) is 12.4 Å². The number of hydrogen-bond acceptors (Lipinski definition) is 3. The van der Waals surface area contributed by atoms with Crippen LogP contribution in [-0.2, 0) is 4.79 Å². The zero-order valence-corrected chi connectivity index (χ0v) is 12.5. The van der Waals surface area contributed by atoms with Crippen molar-refractivity contribution in [3.63, 3.8) is 0 Å². The maximum absolute atomic E-state index is 11.5. The van der Waals surface area contributed by atoms with Gasteiger partial charge in [-0.3, -0.25) is 4.79 Å². The number of ether oxygens (including phenoxy) is 1. The van der Waals surface area contributed by atoms with Crippen molar-refractivity contribution in [3.05, 3.63) is 29.3 Å². The number of carbonyl (C=O) groups is 1. The van der Waals surface area contributed by atoms with E-state index >= 15 is 0 Å². The predicted octanol–water partition coefficient (Wildman–Crippen LogP) is 2.38.